The van der Waals surface area contributed by atoms with E-state index in [0.717, 1.165) is 43.6 Å². The molecule has 1 aromatic rings. The maximum atomic E-state index is 12.8. The van der Waals surface area contributed by atoms with Crippen LogP contribution in [0.4, 0.5) is 24.5 Å². The van der Waals surface area contributed by atoms with Crippen LogP contribution in [-0.2, 0) is 6.18 Å². The summed E-state index contributed by atoms with van der Waals surface area (Å²) in [5, 5.41) is 6.60. The van der Waals surface area contributed by atoms with Gasteiger partial charge in [0.15, 0.2) is 0 Å². The maximum Gasteiger partial charge on any atom is 0.416 e. The molecule has 0 saturated heterocycles. The number of anilines is 2. The van der Waals surface area contributed by atoms with Gasteiger partial charge in [0.2, 0.25) is 0 Å². The fourth-order valence-corrected chi connectivity index (χ4v) is 3.38. The average molecular weight is 298 g/mol. The van der Waals surface area contributed by atoms with E-state index in [1.807, 2.05) is 0 Å². The van der Waals surface area contributed by atoms with Gasteiger partial charge in [-0.2, -0.15) is 13.2 Å². The molecule has 1 heterocycles. The molecule has 1 aromatic carbocycles. The third kappa shape index (κ3) is 2.97. The van der Waals surface area contributed by atoms with Crippen molar-refractivity contribution in [3.8, 4) is 0 Å². The van der Waals surface area contributed by atoms with Gasteiger partial charge in [0.25, 0.3) is 0 Å². The van der Waals surface area contributed by atoms with E-state index >= 15 is 0 Å². The van der Waals surface area contributed by atoms with E-state index in [1.54, 1.807) is 0 Å². The van der Waals surface area contributed by atoms with Crippen LogP contribution >= 0.6 is 0 Å². The van der Waals surface area contributed by atoms with Crippen LogP contribution < -0.4 is 10.6 Å². The number of alkyl halides is 3. The first-order chi connectivity index (χ1) is 9.88. The molecule has 0 unspecified atom stereocenters. The molecule has 1 spiro atoms. The molecule has 1 fully saturated rings. The molecule has 2 N–H and O–H groups in total. The van der Waals surface area contributed by atoms with Gasteiger partial charge in [-0.1, -0.05) is 19.8 Å². The maximum absolute atomic E-state index is 12.8. The summed E-state index contributed by atoms with van der Waals surface area (Å²) in [6.45, 7) is 3.86. The molecule has 0 bridgehead atoms. The minimum absolute atomic E-state index is 0.171. The number of hydrogen-bond donors (Lipinski definition) is 2. The van der Waals surface area contributed by atoms with E-state index in [9.17, 15) is 13.2 Å². The van der Waals surface area contributed by atoms with Crippen molar-refractivity contribution in [1.82, 2.24) is 0 Å². The molecule has 3 rings (SSSR count). The zero-order valence-electron chi connectivity index (χ0n) is 12.2. The standard InChI is InChI=1S/C16H21F3N2/c1-11-4-6-15(7-5-11)9-20-13-3-2-12(16(17,18)19)8-14(13)21-10-15/h2-3,8,11,20-21H,4-7,9-10H2,1H3. The second-order valence-electron chi connectivity index (χ2n) is 6.65. The van der Waals surface area contributed by atoms with Gasteiger partial charge in [0.05, 0.1) is 16.9 Å². The van der Waals surface area contributed by atoms with E-state index in [-0.39, 0.29) is 5.41 Å². The highest BCUT2D eigenvalue weighted by molar-refractivity contribution is 5.71. The molecule has 21 heavy (non-hydrogen) atoms. The van der Waals surface area contributed by atoms with Gasteiger partial charge in [-0.3, -0.25) is 0 Å². The Morgan fingerprint density at radius 2 is 1.67 bits per heavy atom. The van der Waals surface area contributed by atoms with Crippen molar-refractivity contribution in [3.63, 3.8) is 0 Å². The minimum atomic E-state index is -4.29. The zero-order valence-corrected chi connectivity index (χ0v) is 12.2. The summed E-state index contributed by atoms with van der Waals surface area (Å²) < 4.78 is 38.4. The Morgan fingerprint density at radius 3 is 2.29 bits per heavy atom. The van der Waals surface area contributed by atoms with Crippen LogP contribution in [0.1, 0.15) is 38.2 Å². The van der Waals surface area contributed by atoms with Gasteiger partial charge in [-0.25, -0.2) is 0 Å². The molecule has 116 valence electrons. The second kappa shape index (κ2) is 5.11. The van der Waals surface area contributed by atoms with Crippen LogP contribution in [0.5, 0.6) is 0 Å². The molecule has 5 heteroatoms. The summed E-state index contributed by atoms with van der Waals surface area (Å²) in [7, 11) is 0. The van der Waals surface area contributed by atoms with Crippen molar-refractivity contribution in [1.29, 1.82) is 0 Å². The molecule has 0 radical (unpaired) electrons. The van der Waals surface area contributed by atoms with Crippen LogP contribution in [0.2, 0.25) is 0 Å². The molecule has 2 aliphatic rings. The number of rotatable bonds is 0. The SMILES string of the molecule is CC1CCC2(CC1)CNc1ccc(C(F)(F)F)cc1NC2. The second-order valence-corrected chi connectivity index (χ2v) is 6.65. The lowest BCUT2D eigenvalue weighted by molar-refractivity contribution is -0.137. The summed E-state index contributed by atoms with van der Waals surface area (Å²) in [5.74, 6) is 0.762. The van der Waals surface area contributed by atoms with Crippen molar-refractivity contribution in [2.24, 2.45) is 11.3 Å². The highest BCUT2D eigenvalue weighted by Crippen LogP contribution is 2.42. The van der Waals surface area contributed by atoms with Gasteiger partial charge >= 0.3 is 6.18 Å². The molecule has 0 atom stereocenters. The molecule has 0 aromatic heterocycles. The predicted octanol–water partition coefficient (Wildman–Crippen LogP) is 4.74. The quantitative estimate of drug-likeness (QED) is 0.723. The molecular formula is C16H21F3N2. The summed E-state index contributed by atoms with van der Waals surface area (Å²) in [4.78, 5) is 0. The Morgan fingerprint density at radius 1 is 1.05 bits per heavy atom. The lowest BCUT2D eigenvalue weighted by atomic mass is 9.71. The number of fused-ring (bicyclic) bond motifs is 1. The Hall–Kier alpha value is -1.39. The van der Waals surface area contributed by atoms with E-state index in [0.29, 0.717) is 5.69 Å². The fraction of sp³-hybridized carbons (Fsp3) is 0.625. The Labute approximate surface area is 123 Å². The van der Waals surface area contributed by atoms with Gasteiger partial charge in [-0.15, -0.1) is 0 Å². The lowest BCUT2D eigenvalue weighted by Crippen LogP contribution is -2.38. The van der Waals surface area contributed by atoms with Crippen LogP contribution in [-0.4, -0.2) is 13.1 Å². The third-order valence-electron chi connectivity index (χ3n) is 4.99. The van der Waals surface area contributed by atoms with Gasteiger partial charge in [0, 0.05) is 18.5 Å². The number of nitrogens with one attached hydrogen (secondary N) is 2. The highest BCUT2D eigenvalue weighted by atomic mass is 19.4. The van der Waals surface area contributed by atoms with Crippen molar-refractivity contribution in [2.75, 3.05) is 23.7 Å². The fourth-order valence-electron chi connectivity index (χ4n) is 3.38. The first-order valence-corrected chi connectivity index (χ1v) is 7.57. The molecule has 1 aliphatic heterocycles. The van der Waals surface area contributed by atoms with Gasteiger partial charge in [-0.05, 0) is 37.0 Å². The first-order valence-electron chi connectivity index (χ1n) is 7.57. The van der Waals surface area contributed by atoms with Crippen molar-refractivity contribution in [3.05, 3.63) is 23.8 Å². The smallest absolute Gasteiger partial charge is 0.383 e. The van der Waals surface area contributed by atoms with E-state index in [1.165, 1.54) is 25.0 Å². The van der Waals surface area contributed by atoms with Crippen molar-refractivity contribution in [2.45, 2.75) is 38.8 Å². The van der Waals surface area contributed by atoms with Crippen molar-refractivity contribution >= 4 is 11.4 Å². The third-order valence-corrected chi connectivity index (χ3v) is 4.99. The first kappa shape index (κ1) is 14.5. The summed E-state index contributed by atoms with van der Waals surface area (Å²) in [6.07, 6.45) is 0.380. The van der Waals surface area contributed by atoms with E-state index < -0.39 is 11.7 Å². The zero-order chi connectivity index (χ0) is 15.1. The van der Waals surface area contributed by atoms with Crippen LogP contribution in [0, 0.1) is 11.3 Å². The highest BCUT2D eigenvalue weighted by Gasteiger charge is 2.36. The molecule has 2 nitrogen and oxygen atoms in total. The van der Waals surface area contributed by atoms with E-state index in [2.05, 4.69) is 17.6 Å². The molecule has 1 aliphatic carbocycles. The van der Waals surface area contributed by atoms with Crippen LogP contribution in [0.3, 0.4) is 0 Å². The Balaban J connectivity index is 1.80. The Bertz CT molecular complexity index is 517. The predicted molar refractivity (Wildman–Crippen MR) is 78.5 cm³/mol. The largest absolute Gasteiger partial charge is 0.416 e. The molecule has 1 saturated carbocycles. The average Bonchev–Trinajstić information content (AvgIpc) is 2.62. The number of halogens is 3. The minimum Gasteiger partial charge on any atom is -0.383 e. The van der Waals surface area contributed by atoms with Crippen LogP contribution in [0.15, 0.2) is 18.2 Å². The summed E-state index contributed by atoms with van der Waals surface area (Å²) in [6, 6.07) is 3.90. The molecule has 0 amide bonds. The monoisotopic (exact) mass is 298 g/mol. The van der Waals surface area contributed by atoms with Gasteiger partial charge in [0.1, 0.15) is 0 Å². The number of hydrogen-bond acceptors (Lipinski definition) is 2. The lowest BCUT2D eigenvalue weighted by Gasteiger charge is -2.38. The Kier molecular flexibility index (Phi) is 3.54. The van der Waals surface area contributed by atoms with E-state index in [4.69, 9.17) is 0 Å². The van der Waals surface area contributed by atoms with Crippen LogP contribution in [0.25, 0.3) is 0 Å². The topological polar surface area (TPSA) is 24.1 Å². The normalized spacial score (nSPS) is 29.2. The van der Waals surface area contributed by atoms with Gasteiger partial charge < -0.3 is 10.6 Å². The summed E-state index contributed by atoms with van der Waals surface area (Å²) in [5.41, 5.74) is 0.923. The molecular weight excluding hydrogens is 277 g/mol. The summed E-state index contributed by atoms with van der Waals surface area (Å²) >= 11 is 0. The van der Waals surface area contributed by atoms with Crippen molar-refractivity contribution < 1.29 is 13.2 Å². The number of benzene rings is 1.